The van der Waals surface area contributed by atoms with Crippen molar-refractivity contribution in [3.8, 4) is 0 Å². The molecule has 1 aromatic carbocycles. The summed E-state index contributed by atoms with van der Waals surface area (Å²) >= 11 is 0. The van der Waals surface area contributed by atoms with Crippen LogP contribution in [-0.4, -0.2) is 54.4 Å². The van der Waals surface area contributed by atoms with Crippen molar-refractivity contribution in [3.63, 3.8) is 0 Å². The molecule has 23 heavy (non-hydrogen) atoms. The Morgan fingerprint density at radius 3 is 2.65 bits per heavy atom. The molecule has 0 bridgehead atoms. The number of non-ortho nitro benzene ring substituents is 1. The highest BCUT2D eigenvalue weighted by Gasteiger charge is 2.39. The van der Waals surface area contributed by atoms with Gasteiger partial charge in [-0.2, -0.15) is 0 Å². The molecule has 1 N–H and O–H groups in total. The van der Waals surface area contributed by atoms with Crippen molar-refractivity contribution in [1.29, 1.82) is 0 Å². The molecule has 0 radical (unpaired) electrons. The van der Waals surface area contributed by atoms with E-state index in [-0.39, 0.29) is 18.1 Å². The molecule has 1 amide bonds. The van der Waals surface area contributed by atoms with Crippen LogP contribution in [0.25, 0.3) is 0 Å². The van der Waals surface area contributed by atoms with Crippen molar-refractivity contribution in [3.05, 3.63) is 34.4 Å². The van der Waals surface area contributed by atoms with Crippen molar-refractivity contribution >= 4 is 17.3 Å². The highest BCUT2D eigenvalue weighted by Crippen LogP contribution is 2.31. The number of carbonyl (C=O) groups excluding carboxylic acids is 1. The predicted molar refractivity (Wildman–Crippen MR) is 82.0 cm³/mol. The third-order valence-corrected chi connectivity index (χ3v) is 4.14. The van der Waals surface area contributed by atoms with E-state index < -0.39 is 10.7 Å². The molecule has 0 aliphatic carbocycles. The summed E-state index contributed by atoms with van der Waals surface area (Å²) in [4.78, 5) is 24.4. The van der Waals surface area contributed by atoms with Crippen molar-refractivity contribution < 1.29 is 19.2 Å². The third-order valence-electron chi connectivity index (χ3n) is 4.14. The Bertz CT molecular complexity index is 591. The van der Waals surface area contributed by atoms with Gasteiger partial charge in [-0.05, 0) is 6.07 Å². The first-order valence-corrected chi connectivity index (χ1v) is 7.61. The van der Waals surface area contributed by atoms with Crippen molar-refractivity contribution in [2.24, 2.45) is 0 Å². The summed E-state index contributed by atoms with van der Waals surface area (Å²) in [6.45, 7) is 2.96. The first kappa shape index (κ1) is 15.9. The Labute approximate surface area is 133 Å². The quantitative estimate of drug-likeness (QED) is 0.665. The van der Waals surface area contributed by atoms with Gasteiger partial charge < -0.3 is 14.8 Å². The van der Waals surface area contributed by atoms with Gasteiger partial charge in [0.15, 0.2) is 5.79 Å². The number of likely N-dealkylation sites (tertiary alicyclic amines) is 1. The minimum absolute atomic E-state index is 0.0433. The highest BCUT2D eigenvalue weighted by molar-refractivity contribution is 5.92. The van der Waals surface area contributed by atoms with Crippen LogP contribution in [0.1, 0.15) is 12.8 Å². The Balaban J connectivity index is 1.50. The Morgan fingerprint density at radius 1 is 1.30 bits per heavy atom. The van der Waals surface area contributed by atoms with Gasteiger partial charge in [0.1, 0.15) is 0 Å². The molecule has 2 fully saturated rings. The van der Waals surface area contributed by atoms with E-state index in [0.29, 0.717) is 18.9 Å². The minimum Gasteiger partial charge on any atom is -0.347 e. The smallest absolute Gasteiger partial charge is 0.271 e. The molecule has 1 aromatic rings. The molecule has 124 valence electrons. The van der Waals surface area contributed by atoms with Gasteiger partial charge in [-0.3, -0.25) is 19.8 Å². The van der Waals surface area contributed by atoms with Crippen LogP contribution in [0.5, 0.6) is 0 Å². The van der Waals surface area contributed by atoms with Crippen LogP contribution in [0.3, 0.4) is 0 Å². The maximum atomic E-state index is 12.1. The number of amides is 1. The van der Waals surface area contributed by atoms with Gasteiger partial charge in [0, 0.05) is 43.8 Å². The van der Waals surface area contributed by atoms with E-state index in [0.717, 1.165) is 25.9 Å². The number of nitrogens with one attached hydrogen (secondary N) is 1. The van der Waals surface area contributed by atoms with Crippen LogP contribution in [0, 0.1) is 10.1 Å². The normalized spacial score (nSPS) is 20.5. The summed E-state index contributed by atoms with van der Waals surface area (Å²) in [5.41, 5.74) is 0.387. The lowest BCUT2D eigenvalue weighted by Gasteiger charge is -2.37. The predicted octanol–water partition coefficient (Wildman–Crippen LogP) is 1.37. The number of nitro benzene ring substituents is 1. The van der Waals surface area contributed by atoms with Crippen molar-refractivity contribution in [2.75, 3.05) is 38.2 Å². The number of nitrogens with zero attached hydrogens (tertiary/aromatic N) is 2. The van der Waals surface area contributed by atoms with Gasteiger partial charge in [0.2, 0.25) is 5.91 Å². The van der Waals surface area contributed by atoms with Gasteiger partial charge in [-0.1, -0.05) is 6.07 Å². The summed E-state index contributed by atoms with van der Waals surface area (Å²) in [5.74, 6) is -0.637. The second-order valence-electron chi connectivity index (χ2n) is 5.74. The summed E-state index contributed by atoms with van der Waals surface area (Å²) in [5, 5.41) is 13.4. The van der Waals surface area contributed by atoms with Crippen molar-refractivity contribution in [1.82, 2.24) is 4.90 Å². The number of carbonyl (C=O) groups is 1. The van der Waals surface area contributed by atoms with Gasteiger partial charge in [0.25, 0.3) is 5.69 Å². The first-order valence-electron chi connectivity index (χ1n) is 7.61. The monoisotopic (exact) mass is 321 g/mol. The van der Waals surface area contributed by atoms with E-state index in [1.54, 1.807) is 12.1 Å². The van der Waals surface area contributed by atoms with E-state index in [1.165, 1.54) is 12.1 Å². The minimum atomic E-state index is -0.485. The van der Waals surface area contributed by atoms with Crippen LogP contribution in [0.2, 0.25) is 0 Å². The molecule has 8 heteroatoms. The fourth-order valence-corrected chi connectivity index (χ4v) is 2.94. The summed E-state index contributed by atoms with van der Waals surface area (Å²) < 4.78 is 11.3. The number of rotatable bonds is 4. The highest BCUT2D eigenvalue weighted by atomic mass is 16.7. The number of benzene rings is 1. The fraction of sp³-hybridized carbons (Fsp3) is 0.533. The standard InChI is InChI=1S/C15H19N3O5/c19-14(16-12-2-1-3-13(10-12)18(20)21)11-17-6-4-15(5-7-17)22-8-9-23-15/h1-3,10H,4-9,11H2,(H,16,19). The van der Waals surface area contributed by atoms with Crippen LogP contribution in [0.4, 0.5) is 11.4 Å². The molecular formula is C15H19N3O5. The first-order chi connectivity index (χ1) is 11.1. The fourth-order valence-electron chi connectivity index (χ4n) is 2.94. The Hall–Kier alpha value is -2.03. The maximum absolute atomic E-state index is 12.1. The lowest BCUT2D eigenvalue weighted by molar-refractivity contribution is -0.384. The molecule has 0 aromatic heterocycles. The average molecular weight is 321 g/mol. The van der Waals surface area contributed by atoms with Crippen LogP contribution < -0.4 is 5.32 Å². The zero-order valence-corrected chi connectivity index (χ0v) is 12.7. The molecule has 3 rings (SSSR count). The molecule has 0 atom stereocenters. The van der Waals surface area contributed by atoms with Gasteiger partial charge >= 0.3 is 0 Å². The zero-order valence-electron chi connectivity index (χ0n) is 12.7. The van der Waals surface area contributed by atoms with E-state index in [9.17, 15) is 14.9 Å². The molecule has 2 saturated heterocycles. The van der Waals surface area contributed by atoms with Crippen molar-refractivity contribution in [2.45, 2.75) is 18.6 Å². The number of hydrogen-bond donors (Lipinski definition) is 1. The summed E-state index contributed by atoms with van der Waals surface area (Å²) in [7, 11) is 0. The topological polar surface area (TPSA) is 93.9 Å². The Kier molecular flexibility index (Phi) is 4.56. The van der Waals surface area contributed by atoms with E-state index >= 15 is 0 Å². The lowest BCUT2D eigenvalue weighted by atomic mass is 10.0. The molecular weight excluding hydrogens is 302 g/mol. The second-order valence-corrected chi connectivity index (χ2v) is 5.74. The van der Waals surface area contributed by atoms with E-state index in [4.69, 9.17) is 9.47 Å². The SMILES string of the molecule is O=C(CN1CCC2(CC1)OCCO2)Nc1cccc([N+](=O)[O-])c1. The number of nitro groups is 1. The number of piperidine rings is 1. The molecule has 0 unspecified atom stereocenters. The van der Waals surface area contributed by atoms with E-state index in [2.05, 4.69) is 5.32 Å². The summed E-state index contributed by atoms with van der Waals surface area (Å²) in [6, 6.07) is 5.92. The van der Waals surface area contributed by atoms with Gasteiger partial charge in [0.05, 0.1) is 24.7 Å². The lowest BCUT2D eigenvalue weighted by Crippen LogP contribution is -2.47. The second kappa shape index (κ2) is 6.61. The van der Waals surface area contributed by atoms with E-state index in [1.807, 2.05) is 4.90 Å². The van der Waals surface area contributed by atoms with Crippen LogP contribution >= 0.6 is 0 Å². The maximum Gasteiger partial charge on any atom is 0.271 e. The molecule has 8 nitrogen and oxygen atoms in total. The third kappa shape index (κ3) is 3.84. The van der Waals surface area contributed by atoms with Crippen LogP contribution in [-0.2, 0) is 14.3 Å². The van der Waals surface area contributed by atoms with Crippen LogP contribution in [0.15, 0.2) is 24.3 Å². The Morgan fingerprint density at radius 2 is 2.00 bits per heavy atom. The molecule has 2 aliphatic heterocycles. The molecule has 1 spiro atoms. The zero-order chi connectivity index (χ0) is 16.3. The molecule has 2 heterocycles. The van der Waals surface area contributed by atoms with Gasteiger partial charge in [-0.15, -0.1) is 0 Å². The van der Waals surface area contributed by atoms with Gasteiger partial charge in [-0.25, -0.2) is 0 Å². The molecule has 2 aliphatic rings. The molecule has 0 saturated carbocycles. The largest absolute Gasteiger partial charge is 0.347 e. The summed E-state index contributed by atoms with van der Waals surface area (Å²) in [6.07, 6.45) is 1.49. The average Bonchev–Trinajstić information content (AvgIpc) is 2.98. The number of anilines is 1. The number of ether oxygens (including phenoxy) is 2. The number of hydrogen-bond acceptors (Lipinski definition) is 6.